The maximum Gasteiger partial charge on any atom is 0.271 e. The van der Waals surface area contributed by atoms with Crippen molar-refractivity contribution in [2.24, 2.45) is 0 Å². The summed E-state index contributed by atoms with van der Waals surface area (Å²) in [6, 6.07) is 7.97. The molecule has 2 aliphatic heterocycles. The Hall–Kier alpha value is -3.21. The number of aryl methyl sites for hydroxylation is 2. The zero-order chi connectivity index (χ0) is 22.9. The van der Waals surface area contributed by atoms with Crippen molar-refractivity contribution in [2.75, 3.05) is 31.4 Å². The van der Waals surface area contributed by atoms with Crippen LogP contribution in [0.15, 0.2) is 29.4 Å². The Morgan fingerprint density at radius 3 is 2.76 bits per heavy atom. The third-order valence-corrected chi connectivity index (χ3v) is 6.83. The molecule has 1 atom stereocenters. The standard InChI is InChI=1S/C22H27N7O3S/c1-14-11-15(2)29(26-14)21-24-25-22(28(21)23)33-13-20(30)27-8-3-5-17(27)16-6-7-18-19(12-16)32-10-4-9-31-18/h6-7,11-12,17H,3-5,8-10,13,23H2,1-2H3. The average molecular weight is 470 g/mol. The van der Waals surface area contributed by atoms with Crippen LogP contribution in [0.3, 0.4) is 0 Å². The molecular weight excluding hydrogens is 442 g/mol. The smallest absolute Gasteiger partial charge is 0.271 e. The van der Waals surface area contributed by atoms with Gasteiger partial charge in [0.1, 0.15) is 0 Å². The van der Waals surface area contributed by atoms with E-state index in [1.165, 1.54) is 16.4 Å². The van der Waals surface area contributed by atoms with Crippen LogP contribution in [0.2, 0.25) is 0 Å². The number of rotatable bonds is 5. The van der Waals surface area contributed by atoms with Gasteiger partial charge < -0.3 is 20.2 Å². The van der Waals surface area contributed by atoms with E-state index in [9.17, 15) is 4.79 Å². The van der Waals surface area contributed by atoms with E-state index >= 15 is 0 Å². The molecule has 0 bridgehead atoms. The summed E-state index contributed by atoms with van der Waals surface area (Å²) in [6.07, 6.45) is 2.75. The number of nitrogen functional groups attached to an aromatic ring is 1. The van der Waals surface area contributed by atoms with Gasteiger partial charge in [0.05, 0.1) is 30.7 Å². The number of benzene rings is 1. The van der Waals surface area contributed by atoms with Crippen LogP contribution in [0.1, 0.15) is 42.3 Å². The number of thioether (sulfide) groups is 1. The van der Waals surface area contributed by atoms with Gasteiger partial charge in [-0.3, -0.25) is 4.79 Å². The summed E-state index contributed by atoms with van der Waals surface area (Å²) in [7, 11) is 0. The largest absolute Gasteiger partial charge is 0.490 e. The van der Waals surface area contributed by atoms with Gasteiger partial charge in [-0.25, -0.2) is 9.36 Å². The van der Waals surface area contributed by atoms with Crippen molar-refractivity contribution in [3.8, 4) is 17.4 Å². The van der Waals surface area contributed by atoms with E-state index < -0.39 is 0 Å². The highest BCUT2D eigenvalue weighted by atomic mass is 32.2. The topological polar surface area (TPSA) is 113 Å². The molecule has 174 valence electrons. The second-order valence-electron chi connectivity index (χ2n) is 8.28. The number of amides is 1. The Morgan fingerprint density at radius 2 is 1.97 bits per heavy atom. The van der Waals surface area contributed by atoms with E-state index in [0.717, 1.165) is 54.3 Å². The van der Waals surface area contributed by atoms with Crippen LogP contribution < -0.4 is 15.3 Å². The van der Waals surface area contributed by atoms with E-state index in [-0.39, 0.29) is 17.7 Å². The number of nitrogens with two attached hydrogens (primary N) is 1. The van der Waals surface area contributed by atoms with E-state index in [0.29, 0.717) is 24.3 Å². The first-order chi connectivity index (χ1) is 16.0. The fourth-order valence-corrected chi connectivity index (χ4v) is 5.09. The van der Waals surface area contributed by atoms with Crippen molar-refractivity contribution < 1.29 is 14.3 Å². The summed E-state index contributed by atoms with van der Waals surface area (Å²) < 4.78 is 14.6. The van der Waals surface area contributed by atoms with Gasteiger partial charge in [-0.1, -0.05) is 17.8 Å². The SMILES string of the molecule is Cc1cc(C)n(-c2nnc(SCC(=O)N3CCCC3c3ccc4c(c3)OCCCO4)n2N)n1. The molecule has 0 radical (unpaired) electrons. The molecule has 10 nitrogen and oxygen atoms in total. The molecular formula is C22H27N7O3S. The van der Waals surface area contributed by atoms with Gasteiger partial charge in [-0.15, -0.1) is 10.2 Å². The van der Waals surface area contributed by atoms with Gasteiger partial charge in [0.2, 0.25) is 11.1 Å². The number of carbonyl (C=O) groups excluding carboxylic acids is 1. The molecule has 33 heavy (non-hydrogen) atoms. The second kappa shape index (κ2) is 8.97. The highest BCUT2D eigenvalue weighted by Gasteiger charge is 2.31. The van der Waals surface area contributed by atoms with E-state index in [4.69, 9.17) is 15.3 Å². The molecule has 11 heteroatoms. The van der Waals surface area contributed by atoms with Crippen molar-refractivity contribution in [3.05, 3.63) is 41.2 Å². The first-order valence-electron chi connectivity index (χ1n) is 11.1. The molecule has 4 heterocycles. The summed E-state index contributed by atoms with van der Waals surface area (Å²) in [6.45, 7) is 5.86. The lowest BCUT2D eigenvalue weighted by Gasteiger charge is -2.25. The summed E-state index contributed by atoms with van der Waals surface area (Å²) in [5.74, 6) is 8.43. The van der Waals surface area contributed by atoms with E-state index in [1.54, 1.807) is 4.68 Å². The number of hydrogen-bond acceptors (Lipinski definition) is 8. The van der Waals surface area contributed by atoms with Crippen LogP contribution >= 0.6 is 11.8 Å². The van der Waals surface area contributed by atoms with Crippen LogP contribution in [-0.2, 0) is 4.79 Å². The molecule has 1 fully saturated rings. The minimum Gasteiger partial charge on any atom is -0.490 e. The molecule has 2 N–H and O–H groups in total. The quantitative estimate of drug-likeness (QED) is 0.448. The van der Waals surface area contributed by atoms with Crippen LogP contribution in [0, 0.1) is 13.8 Å². The Kier molecular flexibility index (Phi) is 5.88. The lowest BCUT2D eigenvalue weighted by Crippen LogP contribution is -2.32. The van der Waals surface area contributed by atoms with Gasteiger partial charge in [0, 0.05) is 18.7 Å². The number of aromatic nitrogens is 5. The molecule has 0 saturated carbocycles. The first-order valence-corrected chi connectivity index (χ1v) is 12.1. The lowest BCUT2D eigenvalue weighted by atomic mass is 10.0. The predicted molar refractivity (Wildman–Crippen MR) is 123 cm³/mol. The molecule has 3 aromatic rings. The molecule has 5 rings (SSSR count). The number of likely N-dealkylation sites (tertiary alicyclic amines) is 1. The Balaban J connectivity index is 1.27. The highest BCUT2D eigenvalue weighted by Crippen LogP contribution is 2.38. The van der Waals surface area contributed by atoms with Gasteiger partial charge in [-0.05, 0) is 50.5 Å². The third-order valence-electron chi connectivity index (χ3n) is 5.90. The minimum absolute atomic E-state index is 0.0243. The molecule has 1 unspecified atom stereocenters. The number of carbonyl (C=O) groups is 1. The first kappa shape index (κ1) is 21.6. The maximum atomic E-state index is 13.1. The Morgan fingerprint density at radius 1 is 1.15 bits per heavy atom. The summed E-state index contributed by atoms with van der Waals surface area (Å²) >= 11 is 1.28. The summed E-state index contributed by atoms with van der Waals surface area (Å²) in [5.41, 5.74) is 2.85. The van der Waals surface area contributed by atoms with Crippen molar-refractivity contribution in [2.45, 2.75) is 44.3 Å². The highest BCUT2D eigenvalue weighted by molar-refractivity contribution is 7.99. The molecule has 1 amide bonds. The van der Waals surface area contributed by atoms with Gasteiger partial charge in [0.15, 0.2) is 11.5 Å². The number of hydrogen-bond donors (Lipinski definition) is 1. The van der Waals surface area contributed by atoms with Crippen molar-refractivity contribution >= 4 is 17.7 Å². The van der Waals surface area contributed by atoms with Crippen LogP contribution in [-0.4, -0.2) is 61.0 Å². The molecule has 1 aromatic carbocycles. The molecule has 0 aliphatic carbocycles. The number of fused-ring (bicyclic) bond motifs is 1. The van der Waals surface area contributed by atoms with Gasteiger partial charge in [-0.2, -0.15) is 5.10 Å². The van der Waals surface area contributed by atoms with E-state index in [2.05, 4.69) is 15.3 Å². The Bertz CT molecular complexity index is 1170. The van der Waals surface area contributed by atoms with Crippen LogP contribution in [0.5, 0.6) is 11.5 Å². The minimum atomic E-state index is 0.0243. The molecule has 2 aromatic heterocycles. The van der Waals surface area contributed by atoms with Crippen molar-refractivity contribution in [1.82, 2.24) is 29.6 Å². The number of nitrogens with zero attached hydrogens (tertiary/aromatic N) is 6. The summed E-state index contributed by atoms with van der Waals surface area (Å²) in [5, 5.41) is 13.2. The maximum absolute atomic E-state index is 13.1. The zero-order valence-corrected chi connectivity index (χ0v) is 19.5. The lowest BCUT2D eigenvalue weighted by molar-refractivity contribution is -0.129. The molecule has 0 spiro atoms. The van der Waals surface area contributed by atoms with Crippen molar-refractivity contribution in [1.29, 1.82) is 0 Å². The fraction of sp³-hybridized carbons (Fsp3) is 0.455. The Labute approximate surface area is 196 Å². The fourth-order valence-electron chi connectivity index (χ4n) is 4.35. The van der Waals surface area contributed by atoms with E-state index in [1.807, 2.05) is 43.0 Å². The normalized spacial score (nSPS) is 17.9. The third kappa shape index (κ3) is 4.24. The molecule has 1 saturated heterocycles. The van der Waals surface area contributed by atoms with Crippen molar-refractivity contribution in [3.63, 3.8) is 0 Å². The average Bonchev–Trinajstić information content (AvgIpc) is 3.46. The monoisotopic (exact) mass is 469 g/mol. The zero-order valence-electron chi connectivity index (χ0n) is 18.7. The second-order valence-corrected chi connectivity index (χ2v) is 9.22. The number of ether oxygens (including phenoxy) is 2. The molecule has 2 aliphatic rings. The predicted octanol–water partition coefficient (Wildman–Crippen LogP) is 2.41. The van der Waals surface area contributed by atoms with Gasteiger partial charge >= 0.3 is 0 Å². The summed E-state index contributed by atoms with van der Waals surface area (Å²) in [4.78, 5) is 15.1. The van der Waals surface area contributed by atoms with Crippen LogP contribution in [0.4, 0.5) is 0 Å². The van der Waals surface area contributed by atoms with Gasteiger partial charge in [0.25, 0.3) is 5.95 Å². The van der Waals surface area contributed by atoms with Crippen LogP contribution in [0.25, 0.3) is 5.95 Å².